The van der Waals surface area contributed by atoms with E-state index < -0.39 is 0 Å². The Hall–Kier alpha value is -1.03. The van der Waals surface area contributed by atoms with Crippen molar-refractivity contribution in [1.82, 2.24) is 5.32 Å². The van der Waals surface area contributed by atoms with Gasteiger partial charge in [-0.05, 0) is 19.1 Å². The number of ether oxygens (including phenoxy) is 1. The van der Waals surface area contributed by atoms with Crippen molar-refractivity contribution < 1.29 is 9.53 Å². The van der Waals surface area contributed by atoms with E-state index in [4.69, 9.17) is 4.74 Å². The van der Waals surface area contributed by atoms with Crippen molar-refractivity contribution in [1.29, 1.82) is 0 Å². The van der Waals surface area contributed by atoms with Gasteiger partial charge in [-0.2, -0.15) is 0 Å². The van der Waals surface area contributed by atoms with Gasteiger partial charge in [0.05, 0.1) is 13.5 Å². The Bertz CT molecular complexity index is 352. The molecular formula is C11H14BrNO2. The van der Waals surface area contributed by atoms with E-state index in [-0.39, 0.29) is 5.91 Å². The van der Waals surface area contributed by atoms with Crippen LogP contribution >= 0.6 is 15.9 Å². The van der Waals surface area contributed by atoms with E-state index in [0.29, 0.717) is 13.0 Å². The number of methoxy groups -OCH3 is 1. The molecule has 0 saturated heterocycles. The van der Waals surface area contributed by atoms with Gasteiger partial charge in [0.2, 0.25) is 5.91 Å². The molecule has 0 spiro atoms. The lowest BCUT2D eigenvalue weighted by Gasteiger charge is -2.08. The lowest BCUT2D eigenvalue weighted by Crippen LogP contribution is -2.24. The van der Waals surface area contributed by atoms with Crippen LogP contribution in [-0.2, 0) is 11.2 Å². The number of likely N-dealkylation sites (N-methyl/N-ethyl adjacent to an activating group) is 1. The number of hydrogen-bond acceptors (Lipinski definition) is 2. The molecule has 0 aliphatic heterocycles. The summed E-state index contributed by atoms with van der Waals surface area (Å²) in [5.74, 6) is 0.744. The summed E-state index contributed by atoms with van der Waals surface area (Å²) in [5.41, 5.74) is 0.895. The van der Waals surface area contributed by atoms with Crippen molar-refractivity contribution in [3.8, 4) is 5.75 Å². The van der Waals surface area contributed by atoms with E-state index in [9.17, 15) is 4.79 Å². The van der Waals surface area contributed by atoms with Gasteiger partial charge in [-0.15, -0.1) is 0 Å². The van der Waals surface area contributed by atoms with E-state index in [2.05, 4.69) is 21.2 Å². The van der Waals surface area contributed by atoms with Crippen LogP contribution in [0.4, 0.5) is 0 Å². The van der Waals surface area contributed by atoms with Gasteiger partial charge in [0.1, 0.15) is 5.75 Å². The zero-order valence-corrected chi connectivity index (χ0v) is 10.4. The molecule has 1 aromatic carbocycles. The van der Waals surface area contributed by atoms with Gasteiger partial charge in [-0.25, -0.2) is 0 Å². The van der Waals surface area contributed by atoms with Gasteiger partial charge in [0.25, 0.3) is 0 Å². The number of rotatable bonds is 4. The van der Waals surface area contributed by atoms with E-state index in [1.165, 1.54) is 0 Å². The van der Waals surface area contributed by atoms with Crippen LogP contribution in [0.15, 0.2) is 22.7 Å². The van der Waals surface area contributed by atoms with Crippen molar-refractivity contribution in [2.45, 2.75) is 13.3 Å². The first-order valence-corrected chi connectivity index (χ1v) is 5.55. The van der Waals surface area contributed by atoms with Gasteiger partial charge in [-0.3, -0.25) is 4.79 Å². The molecule has 82 valence electrons. The Labute approximate surface area is 97.9 Å². The quantitative estimate of drug-likeness (QED) is 0.911. The normalized spacial score (nSPS) is 9.80. The summed E-state index contributed by atoms with van der Waals surface area (Å²) < 4.78 is 6.14. The van der Waals surface area contributed by atoms with E-state index in [1.807, 2.05) is 25.1 Å². The van der Waals surface area contributed by atoms with Crippen molar-refractivity contribution in [3.63, 3.8) is 0 Å². The monoisotopic (exact) mass is 271 g/mol. The predicted molar refractivity (Wildman–Crippen MR) is 63.1 cm³/mol. The molecule has 1 aromatic rings. The Morgan fingerprint density at radius 2 is 2.27 bits per heavy atom. The van der Waals surface area contributed by atoms with Crippen LogP contribution in [-0.4, -0.2) is 19.6 Å². The molecule has 0 aliphatic carbocycles. The number of nitrogens with one attached hydrogen (secondary N) is 1. The third-order valence-electron chi connectivity index (χ3n) is 1.97. The first-order chi connectivity index (χ1) is 7.17. The van der Waals surface area contributed by atoms with Crippen molar-refractivity contribution in [2.75, 3.05) is 13.7 Å². The molecule has 3 nitrogen and oxygen atoms in total. The lowest BCUT2D eigenvalue weighted by atomic mass is 10.1. The second kappa shape index (κ2) is 5.75. The summed E-state index contributed by atoms with van der Waals surface area (Å²) in [4.78, 5) is 11.4. The fourth-order valence-electron chi connectivity index (χ4n) is 1.30. The van der Waals surface area contributed by atoms with Gasteiger partial charge >= 0.3 is 0 Å². The molecule has 0 aliphatic rings. The average Bonchev–Trinajstić information content (AvgIpc) is 2.21. The number of carbonyl (C=O) groups is 1. The second-order valence-corrected chi connectivity index (χ2v) is 4.00. The molecule has 0 bridgehead atoms. The van der Waals surface area contributed by atoms with E-state index in [0.717, 1.165) is 15.8 Å². The molecule has 0 heterocycles. The molecule has 1 N–H and O–H groups in total. The maximum Gasteiger partial charge on any atom is 0.224 e. The molecule has 15 heavy (non-hydrogen) atoms. The zero-order valence-electron chi connectivity index (χ0n) is 8.84. The Balaban J connectivity index is 2.80. The number of benzene rings is 1. The molecule has 0 unspecified atom stereocenters. The molecular weight excluding hydrogens is 258 g/mol. The Morgan fingerprint density at radius 1 is 1.53 bits per heavy atom. The number of hydrogen-bond donors (Lipinski definition) is 1. The van der Waals surface area contributed by atoms with Crippen LogP contribution in [0.1, 0.15) is 12.5 Å². The highest BCUT2D eigenvalue weighted by Gasteiger charge is 2.07. The molecule has 0 atom stereocenters. The number of halogens is 1. The number of amides is 1. The fourth-order valence-corrected chi connectivity index (χ4v) is 1.64. The van der Waals surface area contributed by atoms with E-state index >= 15 is 0 Å². The van der Waals surface area contributed by atoms with Gasteiger partial charge in [0.15, 0.2) is 0 Å². The molecule has 1 rings (SSSR count). The zero-order chi connectivity index (χ0) is 11.3. The minimum absolute atomic E-state index is 0.0122. The highest BCUT2D eigenvalue weighted by atomic mass is 79.9. The SMILES string of the molecule is CCNC(=O)Cc1ccc(Br)cc1OC. The maximum absolute atomic E-state index is 11.4. The summed E-state index contributed by atoms with van der Waals surface area (Å²) in [7, 11) is 1.60. The van der Waals surface area contributed by atoms with Crippen molar-refractivity contribution in [3.05, 3.63) is 28.2 Å². The molecule has 1 amide bonds. The lowest BCUT2D eigenvalue weighted by molar-refractivity contribution is -0.120. The first-order valence-electron chi connectivity index (χ1n) is 4.76. The summed E-state index contributed by atoms with van der Waals surface area (Å²) in [6, 6.07) is 5.64. The smallest absolute Gasteiger partial charge is 0.224 e. The highest BCUT2D eigenvalue weighted by Crippen LogP contribution is 2.23. The Morgan fingerprint density at radius 3 is 2.87 bits per heavy atom. The summed E-state index contributed by atoms with van der Waals surface area (Å²) in [6.07, 6.45) is 0.351. The minimum atomic E-state index is 0.0122. The van der Waals surface area contributed by atoms with E-state index in [1.54, 1.807) is 7.11 Å². The third kappa shape index (κ3) is 3.55. The van der Waals surface area contributed by atoms with Gasteiger partial charge in [0, 0.05) is 16.6 Å². The molecule has 4 heteroatoms. The predicted octanol–water partition coefficient (Wildman–Crippen LogP) is 2.14. The van der Waals surface area contributed by atoms with Crippen LogP contribution < -0.4 is 10.1 Å². The Kier molecular flexibility index (Phi) is 4.62. The van der Waals surface area contributed by atoms with Crippen molar-refractivity contribution in [2.24, 2.45) is 0 Å². The average molecular weight is 272 g/mol. The number of carbonyl (C=O) groups excluding carboxylic acids is 1. The van der Waals surface area contributed by atoms with Gasteiger partial charge in [-0.1, -0.05) is 22.0 Å². The third-order valence-corrected chi connectivity index (χ3v) is 2.47. The summed E-state index contributed by atoms with van der Waals surface area (Å²) >= 11 is 3.35. The van der Waals surface area contributed by atoms with Crippen LogP contribution in [0.2, 0.25) is 0 Å². The van der Waals surface area contributed by atoms with Gasteiger partial charge < -0.3 is 10.1 Å². The highest BCUT2D eigenvalue weighted by molar-refractivity contribution is 9.10. The van der Waals surface area contributed by atoms with Crippen LogP contribution in [0.5, 0.6) is 5.75 Å². The molecule has 0 fully saturated rings. The minimum Gasteiger partial charge on any atom is -0.496 e. The summed E-state index contributed by atoms with van der Waals surface area (Å²) in [5, 5.41) is 2.75. The fraction of sp³-hybridized carbons (Fsp3) is 0.364. The molecule has 0 radical (unpaired) electrons. The molecule has 0 saturated carbocycles. The largest absolute Gasteiger partial charge is 0.496 e. The maximum atomic E-state index is 11.4. The second-order valence-electron chi connectivity index (χ2n) is 3.09. The van der Waals surface area contributed by atoms with Crippen LogP contribution in [0, 0.1) is 0 Å². The van der Waals surface area contributed by atoms with Crippen molar-refractivity contribution >= 4 is 21.8 Å². The molecule has 0 aromatic heterocycles. The topological polar surface area (TPSA) is 38.3 Å². The van der Waals surface area contributed by atoms with Crippen LogP contribution in [0.25, 0.3) is 0 Å². The first kappa shape index (κ1) is 12.0. The standard InChI is InChI=1S/C11H14BrNO2/c1-3-13-11(14)6-8-4-5-9(12)7-10(8)15-2/h4-5,7H,3,6H2,1-2H3,(H,13,14). The summed E-state index contributed by atoms with van der Waals surface area (Å²) in [6.45, 7) is 2.55. The van der Waals surface area contributed by atoms with Crippen LogP contribution in [0.3, 0.4) is 0 Å².